The van der Waals surface area contributed by atoms with Gasteiger partial charge in [-0.3, -0.25) is 9.69 Å². The predicted octanol–water partition coefficient (Wildman–Crippen LogP) is 3.76. The highest BCUT2D eigenvalue weighted by atomic mass is 32.2. The molecule has 0 bridgehead atoms. The number of hydrogen-bond donors (Lipinski definition) is 1. The first kappa shape index (κ1) is 31.2. The molecule has 0 radical (unpaired) electrons. The Hall–Kier alpha value is -3.25. The highest BCUT2D eigenvalue weighted by Gasteiger charge is 2.40. The average Bonchev–Trinajstić information content (AvgIpc) is 3.49. The van der Waals surface area contributed by atoms with Gasteiger partial charge in [0.1, 0.15) is 12.0 Å². The number of carbonyl (C=O) groups excluding carboxylic acids is 1. The minimum absolute atomic E-state index is 0.0369. The first-order valence-corrected chi connectivity index (χ1v) is 16.4. The maximum absolute atomic E-state index is 13.8. The van der Waals surface area contributed by atoms with Crippen LogP contribution in [0.15, 0.2) is 52.0 Å². The fourth-order valence-electron chi connectivity index (χ4n) is 5.80. The number of aromatic nitrogens is 1. The number of carbonyl (C=O) groups is 1. The van der Waals surface area contributed by atoms with Crippen LogP contribution in [-0.4, -0.2) is 86.3 Å². The summed E-state index contributed by atoms with van der Waals surface area (Å²) >= 11 is 0. The molecule has 1 saturated carbocycles. The summed E-state index contributed by atoms with van der Waals surface area (Å²) < 4.78 is 39.8. The lowest BCUT2D eigenvalue weighted by molar-refractivity contribution is 0.0949. The summed E-state index contributed by atoms with van der Waals surface area (Å²) in [6, 6.07) is 12.5. The van der Waals surface area contributed by atoms with Crippen molar-refractivity contribution >= 4 is 15.9 Å². The van der Waals surface area contributed by atoms with E-state index in [-0.39, 0.29) is 35.0 Å². The standard InChI is InChI=1S/C32H43N5O5S/c1-22-16-28(41-5)17-23(2)31(22)43(39,40)37(26-10-11-26)20-30-34-29(21-42-30)32(38)33-14-12-24-6-8-25(9-7-24)18-36-15-13-27(19-36)35(3)4/h6-9,16-17,21,26-27H,10-15,18-20H2,1-5H3,(H,33,38). The maximum Gasteiger partial charge on any atom is 0.273 e. The number of rotatable bonds is 13. The van der Waals surface area contributed by atoms with Gasteiger partial charge in [-0.2, -0.15) is 4.31 Å². The van der Waals surface area contributed by atoms with E-state index in [1.54, 1.807) is 33.1 Å². The van der Waals surface area contributed by atoms with Gasteiger partial charge in [0.15, 0.2) is 5.69 Å². The van der Waals surface area contributed by atoms with E-state index < -0.39 is 10.0 Å². The van der Waals surface area contributed by atoms with Gasteiger partial charge >= 0.3 is 0 Å². The van der Waals surface area contributed by atoms with Crippen molar-refractivity contribution in [1.82, 2.24) is 24.4 Å². The zero-order valence-electron chi connectivity index (χ0n) is 25.8. The Labute approximate surface area is 255 Å². The molecule has 3 aromatic rings. The van der Waals surface area contributed by atoms with E-state index in [0.29, 0.717) is 35.9 Å². The lowest BCUT2D eigenvalue weighted by atomic mass is 10.1. The Morgan fingerprint density at radius 3 is 2.35 bits per heavy atom. The van der Waals surface area contributed by atoms with E-state index in [1.807, 2.05) is 0 Å². The van der Waals surface area contributed by atoms with Crippen LogP contribution in [0.3, 0.4) is 0 Å². The highest BCUT2D eigenvalue weighted by Crippen LogP contribution is 2.36. The van der Waals surface area contributed by atoms with Crippen molar-refractivity contribution in [2.45, 2.75) is 69.6 Å². The van der Waals surface area contributed by atoms with Crippen molar-refractivity contribution in [3.63, 3.8) is 0 Å². The molecule has 0 spiro atoms. The van der Waals surface area contributed by atoms with Gasteiger partial charge < -0.3 is 19.4 Å². The second-order valence-corrected chi connectivity index (χ2v) is 13.8. The van der Waals surface area contributed by atoms with Gasteiger partial charge in [0, 0.05) is 38.3 Å². The van der Waals surface area contributed by atoms with Gasteiger partial charge in [-0.05, 0) is 88.0 Å². The number of methoxy groups -OCH3 is 1. The van der Waals surface area contributed by atoms with Crippen LogP contribution >= 0.6 is 0 Å². The van der Waals surface area contributed by atoms with Gasteiger partial charge in [-0.25, -0.2) is 13.4 Å². The fourth-order valence-corrected chi connectivity index (χ4v) is 7.85. The SMILES string of the molecule is COc1cc(C)c(S(=O)(=O)N(Cc2nc(C(=O)NCCc3ccc(CN4CCC(N(C)C)C4)cc3)co2)C2CC2)c(C)c1. The molecule has 1 aromatic heterocycles. The van der Waals surface area contributed by atoms with E-state index in [9.17, 15) is 13.2 Å². The Bertz CT molecular complexity index is 1510. The van der Waals surface area contributed by atoms with Crippen LogP contribution in [0, 0.1) is 13.8 Å². The molecule has 1 aliphatic carbocycles. The zero-order chi connectivity index (χ0) is 30.7. The smallest absolute Gasteiger partial charge is 0.273 e. The van der Waals surface area contributed by atoms with Crippen molar-refractivity contribution < 1.29 is 22.4 Å². The number of aryl methyl sites for hydroxylation is 2. The maximum atomic E-state index is 13.8. The van der Waals surface area contributed by atoms with Gasteiger partial charge in [-0.1, -0.05) is 24.3 Å². The minimum Gasteiger partial charge on any atom is -0.497 e. The summed E-state index contributed by atoms with van der Waals surface area (Å²) in [5, 5.41) is 2.90. The lowest BCUT2D eigenvalue weighted by Crippen LogP contribution is -2.34. The van der Waals surface area contributed by atoms with E-state index in [2.05, 4.69) is 58.5 Å². The number of benzene rings is 2. The van der Waals surface area contributed by atoms with Gasteiger partial charge in [0.05, 0.1) is 18.6 Å². The first-order valence-electron chi connectivity index (χ1n) is 14.9. The third-order valence-corrected chi connectivity index (χ3v) is 10.6. The summed E-state index contributed by atoms with van der Waals surface area (Å²) in [6.45, 7) is 7.13. The van der Waals surface area contributed by atoms with E-state index in [1.165, 1.54) is 22.6 Å². The molecule has 1 atom stereocenters. The molecule has 2 aromatic carbocycles. The molecule has 5 rings (SSSR count). The number of sulfonamides is 1. The van der Waals surface area contributed by atoms with Crippen molar-refractivity contribution in [2.24, 2.45) is 0 Å². The Balaban J connectivity index is 1.14. The van der Waals surface area contributed by atoms with Crippen molar-refractivity contribution in [3.8, 4) is 5.75 Å². The zero-order valence-corrected chi connectivity index (χ0v) is 26.6. The molecular formula is C32H43N5O5S. The van der Waals surface area contributed by atoms with Crippen molar-refractivity contribution in [1.29, 1.82) is 0 Å². The first-order chi connectivity index (χ1) is 20.5. The van der Waals surface area contributed by atoms with E-state index in [4.69, 9.17) is 9.15 Å². The number of likely N-dealkylation sites (N-methyl/N-ethyl adjacent to an activating group) is 1. The molecule has 1 unspecified atom stereocenters. The third-order valence-electron chi connectivity index (χ3n) is 8.37. The topological polar surface area (TPSA) is 108 Å². The summed E-state index contributed by atoms with van der Waals surface area (Å²) in [6.07, 6.45) is 4.74. The number of oxazole rings is 1. The second kappa shape index (κ2) is 13.2. The monoisotopic (exact) mass is 609 g/mol. The molecule has 43 heavy (non-hydrogen) atoms. The number of amides is 1. The van der Waals surface area contributed by atoms with Gasteiger partial charge in [0.25, 0.3) is 5.91 Å². The van der Waals surface area contributed by atoms with Crippen LogP contribution in [0.5, 0.6) is 5.75 Å². The molecular weight excluding hydrogens is 566 g/mol. The van der Waals surface area contributed by atoms with Crippen LogP contribution in [0.25, 0.3) is 0 Å². The van der Waals surface area contributed by atoms with Crippen LogP contribution < -0.4 is 10.1 Å². The summed E-state index contributed by atoms with van der Waals surface area (Å²) in [5.74, 6) is 0.456. The number of likely N-dealkylation sites (tertiary alicyclic amines) is 1. The summed E-state index contributed by atoms with van der Waals surface area (Å²) in [4.78, 5) is 22.2. The van der Waals surface area contributed by atoms with E-state index >= 15 is 0 Å². The lowest BCUT2D eigenvalue weighted by Gasteiger charge is -2.23. The Morgan fingerprint density at radius 2 is 1.74 bits per heavy atom. The number of nitrogens with one attached hydrogen (secondary N) is 1. The third kappa shape index (κ3) is 7.46. The normalized spacial score (nSPS) is 17.6. The molecule has 2 heterocycles. The van der Waals surface area contributed by atoms with Crippen LogP contribution in [-0.2, 0) is 29.5 Å². The largest absolute Gasteiger partial charge is 0.497 e. The molecule has 2 aliphatic rings. The number of nitrogens with zero attached hydrogens (tertiary/aromatic N) is 4. The van der Waals surface area contributed by atoms with Crippen LogP contribution in [0.1, 0.15) is 57.9 Å². The highest BCUT2D eigenvalue weighted by molar-refractivity contribution is 7.89. The quantitative estimate of drug-likeness (QED) is 0.312. The van der Waals surface area contributed by atoms with Crippen LogP contribution in [0.2, 0.25) is 0 Å². The van der Waals surface area contributed by atoms with E-state index in [0.717, 1.165) is 38.0 Å². The second-order valence-electron chi connectivity index (χ2n) is 12.0. The molecule has 1 aliphatic heterocycles. The fraction of sp³-hybridized carbons (Fsp3) is 0.500. The Morgan fingerprint density at radius 1 is 1.07 bits per heavy atom. The molecule has 232 valence electrons. The summed E-state index contributed by atoms with van der Waals surface area (Å²) in [7, 11) is 2.02. The predicted molar refractivity (Wildman–Crippen MR) is 165 cm³/mol. The Kier molecular flexibility index (Phi) is 9.55. The average molecular weight is 610 g/mol. The van der Waals surface area contributed by atoms with Crippen LogP contribution in [0.4, 0.5) is 0 Å². The molecule has 1 saturated heterocycles. The molecule has 11 heteroatoms. The van der Waals surface area contributed by atoms with Crippen molar-refractivity contribution in [3.05, 3.63) is 76.5 Å². The number of hydrogen-bond acceptors (Lipinski definition) is 8. The van der Waals surface area contributed by atoms with Gasteiger partial charge in [0.2, 0.25) is 15.9 Å². The summed E-state index contributed by atoms with van der Waals surface area (Å²) in [5.41, 5.74) is 3.81. The van der Waals surface area contributed by atoms with Gasteiger partial charge in [-0.15, -0.1) is 0 Å². The molecule has 2 fully saturated rings. The molecule has 1 N–H and O–H groups in total. The molecule has 1 amide bonds. The minimum atomic E-state index is -3.82. The number of ether oxygens (including phenoxy) is 1. The van der Waals surface area contributed by atoms with Crippen molar-refractivity contribution in [2.75, 3.05) is 40.8 Å². The molecule has 10 nitrogen and oxygen atoms in total.